The van der Waals surface area contributed by atoms with E-state index in [1.54, 1.807) is 0 Å². The third-order valence-corrected chi connectivity index (χ3v) is 4.89. The second-order valence-corrected chi connectivity index (χ2v) is 6.42. The molecular weight excluding hydrogens is 288 g/mol. The minimum absolute atomic E-state index is 0.433. The first-order valence-electron chi connectivity index (χ1n) is 6.77. The monoisotopic (exact) mass is 310 g/mol. The smallest absolute Gasteiger partial charge is 0.0234 e. The maximum Gasteiger partial charge on any atom is 0.0234 e. The molecule has 0 saturated heterocycles. The number of hydrogen-bond acceptors (Lipinski definition) is 2. The van der Waals surface area contributed by atoms with E-state index < -0.39 is 0 Å². The van der Waals surface area contributed by atoms with Gasteiger partial charge in [0.2, 0.25) is 0 Å². The van der Waals surface area contributed by atoms with Crippen LogP contribution in [0.2, 0.25) is 0 Å². The summed E-state index contributed by atoms with van der Waals surface area (Å²) in [7, 11) is 2.23. The van der Waals surface area contributed by atoms with Crippen LogP contribution in [0.4, 0.5) is 0 Å². The molecule has 2 nitrogen and oxygen atoms in total. The van der Waals surface area contributed by atoms with E-state index in [0.717, 1.165) is 6.54 Å². The van der Waals surface area contributed by atoms with Crippen molar-refractivity contribution in [3.63, 3.8) is 0 Å². The van der Waals surface area contributed by atoms with Crippen LogP contribution >= 0.6 is 15.9 Å². The summed E-state index contributed by atoms with van der Waals surface area (Å²) in [5.41, 5.74) is 8.64. The molecule has 3 heteroatoms. The quantitative estimate of drug-likeness (QED) is 0.926. The first-order chi connectivity index (χ1) is 8.56. The summed E-state index contributed by atoms with van der Waals surface area (Å²) >= 11 is 3.60. The normalized spacial score (nSPS) is 24.5. The average molecular weight is 311 g/mol. The second-order valence-electron chi connectivity index (χ2n) is 5.57. The van der Waals surface area contributed by atoms with Crippen molar-refractivity contribution in [3.8, 4) is 0 Å². The van der Waals surface area contributed by atoms with Crippen molar-refractivity contribution in [3.05, 3.63) is 33.8 Å². The number of hydrogen-bond donors (Lipinski definition) is 1. The molecular formula is C15H23BrN2. The van der Waals surface area contributed by atoms with Gasteiger partial charge in [-0.25, -0.2) is 0 Å². The van der Waals surface area contributed by atoms with E-state index >= 15 is 0 Å². The molecule has 2 rings (SSSR count). The van der Waals surface area contributed by atoms with Gasteiger partial charge in [-0.3, -0.25) is 4.90 Å². The number of nitrogens with two attached hydrogens (primary N) is 1. The number of halogens is 1. The molecule has 1 aromatic carbocycles. The second kappa shape index (κ2) is 6.18. The van der Waals surface area contributed by atoms with Crippen LogP contribution in [0.5, 0.6) is 0 Å². The van der Waals surface area contributed by atoms with Crippen LogP contribution in [0.1, 0.15) is 36.8 Å². The van der Waals surface area contributed by atoms with Gasteiger partial charge in [-0.15, -0.1) is 0 Å². The fraction of sp³-hybridized carbons (Fsp3) is 0.600. The lowest BCUT2D eigenvalue weighted by Crippen LogP contribution is -2.38. The van der Waals surface area contributed by atoms with Crippen molar-refractivity contribution in [2.45, 2.75) is 51.2 Å². The van der Waals surface area contributed by atoms with E-state index in [2.05, 4.69) is 53.0 Å². The van der Waals surface area contributed by atoms with Crippen LogP contribution in [0.15, 0.2) is 22.7 Å². The van der Waals surface area contributed by atoms with Gasteiger partial charge in [0.25, 0.3) is 0 Å². The molecule has 1 aromatic rings. The molecule has 0 atom stereocenters. The molecule has 0 aromatic heterocycles. The molecule has 0 aliphatic heterocycles. The van der Waals surface area contributed by atoms with Crippen molar-refractivity contribution in [2.24, 2.45) is 5.73 Å². The SMILES string of the molecule is Cc1ccc(CN(C)C2CCC(N)CC2)cc1Br. The van der Waals surface area contributed by atoms with Crippen LogP contribution in [0.3, 0.4) is 0 Å². The molecule has 0 heterocycles. The Morgan fingerprint density at radius 1 is 1.28 bits per heavy atom. The fourth-order valence-corrected chi connectivity index (χ4v) is 3.12. The molecule has 1 aliphatic carbocycles. The summed E-state index contributed by atoms with van der Waals surface area (Å²) in [5.74, 6) is 0. The average Bonchev–Trinajstić information content (AvgIpc) is 2.34. The Kier molecular flexibility index (Phi) is 4.82. The van der Waals surface area contributed by atoms with E-state index in [0.29, 0.717) is 12.1 Å². The Morgan fingerprint density at radius 3 is 2.56 bits per heavy atom. The van der Waals surface area contributed by atoms with Crippen LogP contribution in [-0.2, 0) is 6.54 Å². The fourth-order valence-electron chi connectivity index (χ4n) is 2.69. The van der Waals surface area contributed by atoms with Gasteiger partial charge in [0.1, 0.15) is 0 Å². The van der Waals surface area contributed by atoms with Crippen LogP contribution < -0.4 is 5.73 Å². The van der Waals surface area contributed by atoms with Crippen LogP contribution in [0.25, 0.3) is 0 Å². The van der Waals surface area contributed by atoms with Crippen molar-refractivity contribution in [2.75, 3.05) is 7.05 Å². The van der Waals surface area contributed by atoms with E-state index in [9.17, 15) is 0 Å². The van der Waals surface area contributed by atoms with Gasteiger partial charge in [0.15, 0.2) is 0 Å². The summed E-state index contributed by atoms with van der Waals surface area (Å²) in [5, 5.41) is 0. The Bertz CT molecular complexity index is 397. The van der Waals surface area contributed by atoms with Crippen molar-refractivity contribution >= 4 is 15.9 Å². The maximum absolute atomic E-state index is 5.96. The zero-order chi connectivity index (χ0) is 13.1. The predicted molar refractivity (Wildman–Crippen MR) is 80.6 cm³/mol. The zero-order valence-corrected chi connectivity index (χ0v) is 12.9. The molecule has 1 fully saturated rings. The Labute approximate surface area is 119 Å². The van der Waals surface area contributed by atoms with E-state index in [1.807, 2.05) is 0 Å². The minimum atomic E-state index is 0.433. The zero-order valence-electron chi connectivity index (χ0n) is 11.3. The minimum Gasteiger partial charge on any atom is -0.328 e. The van der Waals surface area contributed by atoms with Gasteiger partial charge in [-0.05, 0) is 56.8 Å². The highest BCUT2D eigenvalue weighted by Gasteiger charge is 2.21. The third kappa shape index (κ3) is 3.56. The summed E-state index contributed by atoms with van der Waals surface area (Å²) in [6.45, 7) is 3.15. The molecule has 2 N–H and O–H groups in total. The molecule has 1 aliphatic rings. The van der Waals surface area contributed by atoms with Gasteiger partial charge >= 0.3 is 0 Å². The lowest BCUT2D eigenvalue weighted by Gasteiger charge is -2.33. The number of aryl methyl sites for hydroxylation is 1. The van der Waals surface area contributed by atoms with Crippen molar-refractivity contribution in [1.29, 1.82) is 0 Å². The lowest BCUT2D eigenvalue weighted by atomic mass is 9.91. The standard InChI is InChI=1S/C15H23BrN2/c1-11-3-4-12(9-15(11)16)10-18(2)14-7-5-13(17)6-8-14/h3-4,9,13-14H,5-8,10,17H2,1-2H3. The van der Waals surface area contributed by atoms with Gasteiger partial charge in [0.05, 0.1) is 0 Å². The number of rotatable bonds is 3. The van der Waals surface area contributed by atoms with Crippen LogP contribution in [-0.4, -0.2) is 24.0 Å². The molecule has 0 unspecified atom stereocenters. The number of benzene rings is 1. The van der Waals surface area contributed by atoms with Crippen molar-refractivity contribution in [1.82, 2.24) is 4.90 Å². The Balaban J connectivity index is 1.94. The molecule has 18 heavy (non-hydrogen) atoms. The highest BCUT2D eigenvalue weighted by Crippen LogP contribution is 2.24. The first-order valence-corrected chi connectivity index (χ1v) is 7.56. The first kappa shape index (κ1) is 14.0. The Morgan fingerprint density at radius 2 is 1.94 bits per heavy atom. The Hall–Kier alpha value is -0.380. The van der Waals surface area contributed by atoms with E-state index in [4.69, 9.17) is 5.73 Å². The van der Waals surface area contributed by atoms with Crippen LogP contribution in [0, 0.1) is 6.92 Å². The third-order valence-electron chi connectivity index (χ3n) is 4.03. The van der Waals surface area contributed by atoms with Gasteiger partial charge in [0, 0.05) is 23.1 Å². The molecule has 0 bridgehead atoms. The lowest BCUT2D eigenvalue weighted by molar-refractivity contribution is 0.176. The summed E-state index contributed by atoms with van der Waals surface area (Å²) in [6.07, 6.45) is 4.83. The highest BCUT2D eigenvalue weighted by atomic mass is 79.9. The molecule has 1 saturated carbocycles. The molecule has 0 spiro atoms. The number of nitrogens with zero attached hydrogens (tertiary/aromatic N) is 1. The van der Waals surface area contributed by atoms with Gasteiger partial charge in [-0.2, -0.15) is 0 Å². The largest absolute Gasteiger partial charge is 0.328 e. The summed E-state index contributed by atoms with van der Waals surface area (Å²) in [4.78, 5) is 2.48. The highest BCUT2D eigenvalue weighted by molar-refractivity contribution is 9.10. The molecule has 0 amide bonds. The predicted octanol–water partition coefficient (Wildman–Crippen LogP) is 3.46. The van der Waals surface area contributed by atoms with E-state index in [1.165, 1.54) is 41.3 Å². The summed E-state index contributed by atoms with van der Waals surface area (Å²) < 4.78 is 1.21. The van der Waals surface area contributed by atoms with E-state index in [-0.39, 0.29) is 0 Å². The molecule has 0 radical (unpaired) electrons. The van der Waals surface area contributed by atoms with Crippen molar-refractivity contribution < 1.29 is 0 Å². The molecule has 100 valence electrons. The topological polar surface area (TPSA) is 29.3 Å². The summed E-state index contributed by atoms with van der Waals surface area (Å²) in [6, 6.07) is 7.78. The van der Waals surface area contributed by atoms with Gasteiger partial charge in [-0.1, -0.05) is 28.1 Å². The van der Waals surface area contributed by atoms with Gasteiger partial charge < -0.3 is 5.73 Å². The maximum atomic E-state index is 5.96.